The molecule has 1 aromatic carbocycles. The van der Waals surface area contributed by atoms with E-state index in [1.165, 1.54) is 12.1 Å². The van der Waals surface area contributed by atoms with Crippen LogP contribution >= 0.6 is 0 Å². The van der Waals surface area contributed by atoms with Gasteiger partial charge in [0.25, 0.3) is 0 Å². The third kappa shape index (κ3) is 2.57. The lowest BCUT2D eigenvalue weighted by molar-refractivity contribution is 0.0592. The van der Waals surface area contributed by atoms with E-state index in [-0.39, 0.29) is 18.1 Å². The standard InChI is InChI=1S/C15H14FN5O2/c16-9-3-1-4-10(7-9)18-13-12-14(20-15(22)19-13)21(8-17-12)11-5-2-6-23-11/h1,3-4,7-8,11H,2,5-6H2,(H2,18,19,20,22). The van der Waals surface area contributed by atoms with E-state index in [9.17, 15) is 9.50 Å². The van der Waals surface area contributed by atoms with Crippen LogP contribution in [0.4, 0.5) is 15.9 Å². The highest BCUT2D eigenvalue weighted by atomic mass is 19.1. The van der Waals surface area contributed by atoms with E-state index in [1.807, 2.05) is 0 Å². The molecule has 2 N–H and O–H groups in total. The molecule has 2 aromatic heterocycles. The number of halogens is 1. The maximum absolute atomic E-state index is 13.3. The lowest BCUT2D eigenvalue weighted by atomic mass is 10.3. The number of aromatic nitrogens is 4. The minimum atomic E-state index is -0.379. The molecule has 1 aliphatic rings. The first-order valence-corrected chi connectivity index (χ1v) is 7.28. The summed E-state index contributed by atoms with van der Waals surface area (Å²) in [5.41, 5.74) is 1.47. The molecule has 0 spiro atoms. The number of benzene rings is 1. The average Bonchev–Trinajstić information content (AvgIpc) is 3.15. The van der Waals surface area contributed by atoms with Crippen LogP contribution in [0, 0.1) is 5.82 Å². The van der Waals surface area contributed by atoms with Gasteiger partial charge in [0.2, 0.25) is 0 Å². The Hall–Kier alpha value is -2.74. The molecule has 0 saturated carbocycles. The Kier molecular flexibility index (Phi) is 3.30. The van der Waals surface area contributed by atoms with E-state index < -0.39 is 0 Å². The van der Waals surface area contributed by atoms with Crippen molar-refractivity contribution in [2.24, 2.45) is 0 Å². The number of fused-ring (bicyclic) bond motifs is 1. The molecule has 7 nitrogen and oxygen atoms in total. The molecule has 4 rings (SSSR count). The summed E-state index contributed by atoms with van der Waals surface area (Å²) in [6.07, 6.45) is 3.31. The van der Waals surface area contributed by atoms with Gasteiger partial charge >= 0.3 is 6.01 Å². The lowest BCUT2D eigenvalue weighted by Crippen LogP contribution is -2.07. The van der Waals surface area contributed by atoms with Crippen molar-refractivity contribution in [2.75, 3.05) is 11.9 Å². The number of rotatable bonds is 3. The molecule has 0 aliphatic carbocycles. The van der Waals surface area contributed by atoms with Gasteiger partial charge in [-0.2, -0.15) is 9.97 Å². The molecule has 0 bridgehead atoms. The molecule has 23 heavy (non-hydrogen) atoms. The van der Waals surface area contributed by atoms with Crippen molar-refractivity contribution >= 4 is 22.7 Å². The van der Waals surface area contributed by atoms with Crippen LogP contribution in [0.5, 0.6) is 6.01 Å². The van der Waals surface area contributed by atoms with Crippen molar-refractivity contribution in [1.29, 1.82) is 0 Å². The molecule has 0 amide bonds. The molecule has 1 atom stereocenters. The average molecular weight is 315 g/mol. The van der Waals surface area contributed by atoms with Crippen molar-refractivity contribution in [3.05, 3.63) is 36.4 Å². The molecule has 1 unspecified atom stereocenters. The maximum Gasteiger partial charge on any atom is 0.318 e. The van der Waals surface area contributed by atoms with E-state index in [2.05, 4.69) is 20.3 Å². The lowest BCUT2D eigenvalue weighted by Gasteiger charge is -2.12. The first-order valence-electron chi connectivity index (χ1n) is 7.28. The highest BCUT2D eigenvalue weighted by Crippen LogP contribution is 2.30. The smallest absolute Gasteiger partial charge is 0.318 e. The van der Waals surface area contributed by atoms with Gasteiger partial charge in [-0.05, 0) is 31.0 Å². The van der Waals surface area contributed by atoms with Crippen molar-refractivity contribution in [3.63, 3.8) is 0 Å². The number of hydrogen-bond donors (Lipinski definition) is 2. The van der Waals surface area contributed by atoms with Crippen molar-refractivity contribution < 1.29 is 14.2 Å². The fourth-order valence-electron chi connectivity index (χ4n) is 2.69. The van der Waals surface area contributed by atoms with E-state index in [4.69, 9.17) is 4.74 Å². The summed E-state index contributed by atoms with van der Waals surface area (Å²) in [6, 6.07) is 5.59. The Labute approximate surface area is 130 Å². The van der Waals surface area contributed by atoms with Crippen LogP contribution < -0.4 is 5.32 Å². The predicted octanol–water partition coefficient (Wildman–Crippen LogP) is 2.72. The number of anilines is 2. The second kappa shape index (κ2) is 5.47. The van der Waals surface area contributed by atoms with Gasteiger partial charge in [-0.25, -0.2) is 9.37 Å². The summed E-state index contributed by atoms with van der Waals surface area (Å²) in [5, 5.41) is 12.8. The number of nitrogens with zero attached hydrogens (tertiary/aromatic N) is 4. The summed E-state index contributed by atoms with van der Waals surface area (Å²) in [6.45, 7) is 0.690. The summed E-state index contributed by atoms with van der Waals surface area (Å²) < 4.78 is 20.7. The number of hydrogen-bond acceptors (Lipinski definition) is 6. The minimum absolute atomic E-state index is 0.142. The van der Waals surface area contributed by atoms with Gasteiger partial charge in [0.05, 0.1) is 6.33 Å². The molecule has 8 heteroatoms. The van der Waals surface area contributed by atoms with Crippen LogP contribution in [0.2, 0.25) is 0 Å². The van der Waals surface area contributed by atoms with Gasteiger partial charge in [-0.3, -0.25) is 4.57 Å². The second-order valence-electron chi connectivity index (χ2n) is 5.30. The van der Waals surface area contributed by atoms with Gasteiger partial charge in [-0.1, -0.05) is 6.07 Å². The molecule has 1 aliphatic heterocycles. The molecule has 3 heterocycles. The molecule has 1 fully saturated rings. The first-order chi connectivity index (χ1) is 11.2. The predicted molar refractivity (Wildman–Crippen MR) is 80.9 cm³/mol. The molecular weight excluding hydrogens is 301 g/mol. The summed E-state index contributed by atoms with van der Waals surface area (Å²) in [7, 11) is 0. The monoisotopic (exact) mass is 315 g/mol. The van der Waals surface area contributed by atoms with E-state index in [0.717, 1.165) is 12.8 Å². The maximum atomic E-state index is 13.3. The van der Waals surface area contributed by atoms with Crippen molar-refractivity contribution in [1.82, 2.24) is 19.5 Å². The molecular formula is C15H14FN5O2. The van der Waals surface area contributed by atoms with E-state index in [1.54, 1.807) is 23.0 Å². The van der Waals surface area contributed by atoms with Crippen molar-refractivity contribution in [2.45, 2.75) is 19.1 Å². The van der Waals surface area contributed by atoms with E-state index >= 15 is 0 Å². The highest BCUT2D eigenvalue weighted by molar-refractivity contribution is 5.85. The Morgan fingerprint density at radius 3 is 3.04 bits per heavy atom. The normalized spacial score (nSPS) is 17.7. The fraction of sp³-hybridized carbons (Fsp3) is 0.267. The zero-order valence-electron chi connectivity index (χ0n) is 12.1. The first kappa shape index (κ1) is 13.9. The van der Waals surface area contributed by atoms with Gasteiger partial charge in [0.1, 0.15) is 12.0 Å². The Balaban J connectivity index is 1.77. The van der Waals surface area contributed by atoms with Gasteiger partial charge in [-0.15, -0.1) is 0 Å². The van der Waals surface area contributed by atoms with Gasteiger partial charge in [0, 0.05) is 12.3 Å². The van der Waals surface area contributed by atoms with Crippen LogP contribution in [0.3, 0.4) is 0 Å². The fourth-order valence-corrected chi connectivity index (χ4v) is 2.69. The number of ether oxygens (including phenoxy) is 1. The molecule has 118 valence electrons. The third-order valence-electron chi connectivity index (χ3n) is 3.71. The highest BCUT2D eigenvalue weighted by Gasteiger charge is 2.22. The topological polar surface area (TPSA) is 85.1 Å². The number of aromatic hydroxyl groups is 1. The quantitative estimate of drug-likeness (QED) is 0.773. The number of imidazole rings is 1. The Morgan fingerprint density at radius 2 is 2.26 bits per heavy atom. The number of nitrogens with one attached hydrogen (secondary N) is 1. The largest absolute Gasteiger partial charge is 0.479 e. The van der Waals surface area contributed by atoms with Crippen LogP contribution in [-0.2, 0) is 4.74 Å². The molecule has 0 radical (unpaired) electrons. The van der Waals surface area contributed by atoms with Crippen molar-refractivity contribution in [3.8, 4) is 6.01 Å². The zero-order chi connectivity index (χ0) is 15.8. The minimum Gasteiger partial charge on any atom is -0.479 e. The van der Waals surface area contributed by atoms with Crippen LogP contribution in [-0.4, -0.2) is 31.2 Å². The van der Waals surface area contributed by atoms with Crippen LogP contribution in [0.25, 0.3) is 11.2 Å². The summed E-state index contributed by atoms with van der Waals surface area (Å²) in [5.74, 6) is -0.0516. The molecule has 3 aromatic rings. The van der Waals surface area contributed by atoms with Crippen LogP contribution in [0.1, 0.15) is 19.1 Å². The second-order valence-corrected chi connectivity index (χ2v) is 5.30. The molecule has 1 saturated heterocycles. The van der Waals surface area contributed by atoms with Gasteiger partial charge < -0.3 is 15.2 Å². The third-order valence-corrected chi connectivity index (χ3v) is 3.71. The van der Waals surface area contributed by atoms with Gasteiger partial charge in [0.15, 0.2) is 17.0 Å². The summed E-state index contributed by atoms with van der Waals surface area (Å²) >= 11 is 0. The Bertz CT molecular complexity index is 860. The SMILES string of the molecule is Oc1nc(Nc2cccc(F)c2)c2ncn(C3CCCO3)c2n1. The summed E-state index contributed by atoms with van der Waals surface area (Å²) in [4.78, 5) is 12.3. The zero-order valence-corrected chi connectivity index (χ0v) is 12.1. The Morgan fingerprint density at radius 1 is 1.35 bits per heavy atom. The van der Waals surface area contributed by atoms with Crippen LogP contribution in [0.15, 0.2) is 30.6 Å². The van der Waals surface area contributed by atoms with E-state index in [0.29, 0.717) is 29.3 Å².